The summed E-state index contributed by atoms with van der Waals surface area (Å²) < 4.78 is 5.34. The SMILES string of the molecule is Cc1cccc(C(=O)N2CCC(Cc3nc(C(C)C)no3)CC2)c1. The highest BCUT2D eigenvalue weighted by atomic mass is 16.5. The Morgan fingerprint density at radius 3 is 2.71 bits per heavy atom. The molecule has 0 saturated carbocycles. The van der Waals surface area contributed by atoms with E-state index in [9.17, 15) is 4.79 Å². The molecule has 2 heterocycles. The van der Waals surface area contributed by atoms with Gasteiger partial charge in [0.05, 0.1) is 0 Å². The van der Waals surface area contributed by atoms with E-state index >= 15 is 0 Å². The van der Waals surface area contributed by atoms with Crippen LogP contribution >= 0.6 is 0 Å². The lowest BCUT2D eigenvalue weighted by molar-refractivity contribution is 0.0687. The Hall–Kier alpha value is -2.17. The molecule has 24 heavy (non-hydrogen) atoms. The van der Waals surface area contributed by atoms with Gasteiger partial charge in [-0.1, -0.05) is 36.7 Å². The first-order valence-corrected chi connectivity index (χ1v) is 8.71. The fraction of sp³-hybridized carbons (Fsp3) is 0.526. The van der Waals surface area contributed by atoms with Gasteiger partial charge in [0.15, 0.2) is 5.82 Å². The summed E-state index contributed by atoms with van der Waals surface area (Å²) in [6.45, 7) is 7.72. The Morgan fingerprint density at radius 2 is 2.08 bits per heavy atom. The maximum absolute atomic E-state index is 12.6. The highest BCUT2D eigenvalue weighted by Crippen LogP contribution is 2.23. The van der Waals surface area contributed by atoms with Crippen LogP contribution in [0.25, 0.3) is 0 Å². The van der Waals surface area contributed by atoms with Crippen molar-refractivity contribution in [2.24, 2.45) is 5.92 Å². The molecule has 0 radical (unpaired) electrons. The zero-order chi connectivity index (χ0) is 17.1. The lowest BCUT2D eigenvalue weighted by Crippen LogP contribution is -2.38. The third-order valence-corrected chi connectivity index (χ3v) is 4.63. The molecule has 1 aliphatic heterocycles. The van der Waals surface area contributed by atoms with E-state index in [1.165, 1.54) is 0 Å². The number of benzene rings is 1. The fourth-order valence-corrected chi connectivity index (χ4v) is 3.13. The summed E-state index contributed by atoms with van der Waals surface area (Å²) in [5.41, 5.74) is 1.90. The monoisotopic (exact) mass is 327 g/mol. The van der Waals surface area contributed by atoms with E-state index in [4.69, 9.17) is 4.52 Å². The summed E-state index contributed by atoms with van der Waals surface area (Å²) in [5, 5.41) is 4.02. The molecule has 0 N–H and O–H groups in total. The molecule has 0 unspecified atom stereocenters. The van der Waals surface area contributed by atoms with Crippen LogP contribution in [0.4, 0.5) is 0 Å². The molecule has 1 aromatic heterocycles. The lowest BCUT2D eigenvalue weighted by Gasteiger charge is -2.31. The van der Waals surface area contributed by atoms with Crippen molar-refractivity contribution in [3.05, 3.63) is 47.1 Å². The quantitative estimate of drug-likeness (QED) is 0.861. The predicted molar refractivity (Wildman–Crippen MR) is 91.9 cm³/mol. The van der Waals surface area contributed by atoms with Crippen molar-refractivity contribution in [3.63, 3.8) is 0 Å². The second-order valence-corrected chi connectivity index (χ2v) is 7.01. The minimum Gasteiger partial charge on any atom is -0.339 e. The summed E-state index contributed by atoms with van der Waals surface area (Å²) in [4.78, 5) is 19.0. The van der Waals surface area contributed by atoms with Crippen LogP contribution in [0, 0.1) is 12.8 Å². The molecule has 2 aromatic rings. The van der Waals surface area contributed by atoms with Crippen LogP contribution in [0.5, 0.6) is 0 Å². The molecule has 0 atom stereocenters. The van der Waals surface area contributed by atoms with Gasteiger partial charge in [-0.2, -0.15) is 4.98 Å². The van der Waals surface area contributed by atoms with Gasteiger partial charge in [-0.25, -0.2) is 0 Å². The summed E-state index contributed by atoms with van der Waals surface area (Å²) in [7, 11) is 0. The third kappa shape index (κ3) is 3.83. The van der Waals surface area contributed by atoms with Gasteiger partial charge >= 0.3 is 0 Å². The molecule has 1 fully saturated rings. The molecular formula is C19H25N3O2. The van der Waals surface area contributed by atoms with Crippen LogP contribution in [0.1, 0.15) is 60.2 Å². The Bertz CT molecular complexity index is 700. The van der Waals surface area contributed by atoms with Crippen molar-refractivity contribution >= 4 is 5.91 Å². The Balaban J connectivity index is 1.54. The van der Waals surface area contributed by atoms with Crippen molar-refractivity contribution in [1.82, 2.24) is 15.0 Å². The van der Waals surface area contributed by atoms with Crippen molar-refractivity contribution in [1.29, 1.82) is 0 Å². The summed E-state index contributed by atoms with van der Waals surface area (Å²) >= 11 is 0. The zero-order valence-corrected chi connectivity index (χ0v) is 14.7. The van der Waals surface area contributed by atoms with Crippen LogP contribution in [-0.4, -0.2) is 34.0 Å². The van der Waals surface area contributed by atoms with Gasteiger partial charge in [0.2, 0.25) is 5.89 Å². The molecule has 1 amide bonds. The number of likely N-dealkylation sites (tertiary alicyclic amines) is 1. The average molecular weight is 327 g/mol. The second-order valence-electron chi connectivity index (χ2n) is 7.01. The molecule has 5 heteroatoms. The number of carbonyl (C=O) groups is 1. The molecule has 3 rings (SSSR count). The van der Waals surface area contributed by atoms with E-state index in [0.717, 1.165) is 55.2 Å². The smallest absolute Gasteiger partial charge is 0.253 e. The van der Waals surface area contributed by atoms with Gasteiger partial charge in [-0.15, -0.1) is 0 Å². The maximum Gasteiger partial charge on any atom is 0.253 e. The van der Waals surface area contributed by atoms with Crippen molar-refractivity contribution in [2.75, 3.05) is 13.1 Å². The van der Waals surface area contributed by atoms with Crippen LogP contribution in [-0.2, 0) is 6.42 Å². The van der Waals surface area contributed by atoms with E-state index < -0.39 is 0 Å². The Kier molecular flexibility index (Phi) is 4.97. The minimum atomic E-state index is 0.136. The number of amides is 1. The van der Waals surface area contributed by atoms with Crippen LogP contribution in [0.2, 0.25) is 0 Å². The second kappa shape index (κ2) is 7.16. The van der Waals surface area contributed by atoms with Gasteiger partial charge in [0, 0.05) is 31.0 Å². The molecule has 0 aliphatic carbocycles. The van der Waals surface area contributed by atoms with E-state index in [2.05, 4.69) is 24.0 Å². The summed E-state index contributed by atoms with van der Waals surface area (Å²) in [6.07, 6.45) is 2.78. The van der Waals surface area contributed by atoms with Gasteiger partial charge in [0.25, 0.3) is 5.91 Å². The van der Waals surface area contributed by atoms with Crippen molar-refractivity contribution in [2.45, 2.75) is 46.0 Å². The zero-order valence-electron chi connectivity index (χ0n) is 14.7. The van der Waals surface area contributed by atoms with Gasteiger partial charge in [-0.3, -0.25) is 4.79 Å². The van der Waals surface area contributed by atoms with Gasteiger partial charge < -0.3 is 9.42 Å². The molecule has 5 nitrogen and oxygen atoms in total. The molecule has 0 bridgehead atoms. The molecule has 1 aromatic carbocycles. The number of aromatic nitrogens is 2. The summed E-state index contributed by atoms with van der Waals surface area (Å²) in [6, 6.07) is 7.81. The average Bonchev–Trinajstić information content (AvgIpc) is 3.04. The first kappa shape index (κ1) is 16.7. The minimum absolute atomic E-state index is 0.136. The van der Waals surface area contributed by atoms with Crippen LogP contribution < -0.4 is 0 Å². The van der Waals surface area contributed by atoms with E-state index in [0.29, 0.717) is 5.92 Å². The predicted octanol–water partition coefficient (Wildman–Crippen LogP) is 3.60. The Labute approximate surface area is 143 Å². The normalized spacial score (nSPS) is 15.9. The van der Waals surface area contributed by atoms with E-state index in [-0.39, 0.29) is 11.8 Å². The fourth-order valence-electron chi connectivity index (χ4n) is 3.13. The van der Waals surface area contributed by atoms with E-state index in [1.54, 1.807) is 0 Å². The third-order valence-electron chi connectivity index (χ3n) is 4.63. The van der Waals surface area contributed by atoms with Crippen LogP contribution in [0.3, 0.4) is 0 Å². The number of carbonyl (C=O) groups excluding carboxylic acids is 1. The first-order valence-electron chi connectivity index (χ1n) is 8.71. The number of aryl methyl sites for hydroxylation is 1. The topological polar surface area (TPSA) is 59.2 Å². The molecular weight excluding hydrogens is 302 g/mol. The largest absolute Gasteiger partial charge is 0.339 e. The maximum atomic E-state index is 12.6. The standard InChI is InChI=1S/C19H25N3O2/c1-13(2)18-20-17(24-21-18)12-15-7-9-22(10-8-15)19(23)16-6-4-5-14(3)11-16/h4-6,11,13,15H,7-10,12H2,1-3H3. The number of piperidine rings is 1. The van der Waals surface area contributed by atoms with Gasteiger partial charge in [-0.05, 0) is 37.8 Å². The highest BCUT2D eigenvalue weighted by molar-refractivity contribution is 5.94. The van der Waals surface area contributed by atoms with Crippen molar-refractivity contribution in [3.8, 4) is 0 Å². The highest BCUT2D eigenvalue weighted by Gasteiger charge is 2.25. The van der Waals surface area contributed by atoms with Gasteiger partial charge in [0.1, 0.15) is 0 Å². The lowest BCUT2D eigenvalue weighted by atomic mass is 9.93. The van der Waals surface area contributed by atoms with E-state index in [1.807, 2.05) is 36.1 Å². The molecule has 1 aliphatic rings. The van der Waals surface area contributed by atoms with Crippen molar-refractivity contribution < 1.29 is 9.32 Å². The molecule has 128 valence electrons. The first-order chi connectivity index (χ1) is 11.5. The Morgan fingerprint density at radius 1 is 1.33 bits per heavy atom. The number of hydrogen-bond donors (Lipinski definition) is 0. The number of nitrogens with zero attached hydrogens (tertiary/aromatic N) is 3. The summed E-state index contributed by atoms with van der Waals surface area (Å²) in [5.74, 6) is 2.43. The van der Waals surface area contributed by atoms with Crippen LogP contribution in [0.15, 0.2) is 28.8 Å². The number of hydrogen-bond acceptors (Lipinski definition) is 4. The number of rotatable bonds is 4. The molecule has 0 spiro atoms. The molecule has 1 saturated heterocycles.